The van der Waals surface area contributed by atoms with E-state index in [1.807, 2.05) is 36.4 Å². The molecule has 0 saturated heterocycles. The van der Waals surface area contributed by atoms with E-state index in [1.54, 1.807) is 19.1 Å². The van der Waals surface area contributed by atoms with Gasteiger partial charge >= 0.3 is 11.6 Å². The summed E-state index contributed by atoms with van der Waals surface area (Å²) in [6.07, 6.45) is 0. The quantitative estimate of drug-likeness (QED) is 0.333. The van der Waals surface area contributed by atoms with Crippen molar-refractivity contribution in [2.24, 2.45) is 0 Å². The molecule has 0 aliphatic carbocycles. The van der Waals surface area contributed by atoms with Gasteiger partial charge in [-0.05, 0) is 25.1 Å². The summed E-state index contributed by atoms with van der Waals surface area (Å²) in [5.74, 6) is -0.207. The summed E-state index contributed by atoms with van der Waals surface area (Å²) in [6.45, 7) is 1.57. The molecule has 0 unspecified atom stereocenters. The molecular formula is C21H14BrNO5. The molecule has 4 aromatic rings. The van der Waals surface area contributed by atoms with Gasteiger partial charge in [0.25, 0.3) is 0 Å². The Morgan fingerprint density at radius 3 is 2.71 bits per heavy atom. The normalized spacial score (nSPS) is 10.9. The van der Waals surface area contributed by atoms with Crippen LogP contribution in [0, 0.1) is 6.92 Å². The van der Waals surface area contributed by atoms with Crippen LogP contribution in [-0.2, 0) is 11.3 Å². The summed E-state index contributed by atoms with van der Waals surface area (Å²) in [5, 5.41) is 4.69. The van der Waals surface area contributed by atoms with Gasteiger partial charge < -0.3 is 13.7 Å². The predicted octanol–water partition coefficient (Wildman–Crippen LogP) is 4.88. The molecule has 2 aromatic carbocycles. The van der Waals surface area contributed by atoms with Crippen LogP contribution >= 0.6 is 15.9 Å². The van der Waals surface area contributed by atoms with Crippen LogP contribution in [-0.4, -0.2) is 11.1 Å². The lowest BCUT2D eigenvalue weighted by molar-refractivity contribution is 0.0472. The molecule has 0 aliphatic heterocycles. The Balaban J connectivity index is 1.64. The van der Waals surface area contributed by atoms with Gasteiger partial charge in [-0.3, -0.25) is 0 Å². The number of benzene rings is 2. The van der Waals surface area contributed by atoms with Gasteiger partial charge in [0, 0.05) is 27.1 Å². The number of aryl methyl sites for hydroxylation is 1. The van der Waals surface area contributed by atoms with Crippen LogP contribution in [0.1, 0.15) is 21.7 Å². The molecule has 4 rings (SSSR count). The molecule has 6 nitrogen and oxygen atoms in total. The lowest BCUT2D eigenvalue weighted by atomic mass is 10.1. The van der Waals surface area contributed by atoms with Crippen molar-refractivity contribution >= 4 is 32.9 Å². The van der Waals surface area contributed by atoms with Crippen molar-refractivity contribution < 1.29 is 18.5 Å². The van der Waals surface area contributed by atoms with Crippen LogP contribution in [0.2, 0.25) is 0 Å². The van der Waals surface area contributed by atoms with Crippen molar-refractivity contribution in [3.05, 3.63) is 86.4 Å². The largest absolute Gasteiger partial charge is 0.457 e. The zero-order chi connectivity index (χ0) is 19.7. The highest BCUT2D eigenvalue weighted by Crippen LogP contribution is 2.27. The van der Waals surface area contributed by atoms with Crippen molar-refractivity contribution in [3.8, 4) is 11.3 Å². The number of ether oxygens (including phenoxy) is 1. The highest BCUT2D eigenvalue weighted by molar-refractivity contribution is 9.10. The first-order valence-corrected chi connectivity index (χ1v) is 9.23. The van der Waals surface area contributed by atoms with E-state index in [0.717, 1.165) is 10.0 Å². The summed E-state index contributed by atoms with van der Waals surface area (Å²) >= 11 is 3.34. The molecule has 0 amide bonds. The van der Waals surface area contributed by atoms with Gasteiger partial charge in [-0.25, -0.2) is 9.59 Å². The van der Waals surface area contributed by atoms with E-state index in [2.05, 4.69) is 21.1 Å². The molecule has 140 valence electrons. The maximum Gasteiger partial charge on any atom is 0.344 e. The molecule has 2 heterocycles. The first-order valence-electron chi connectivity index (χ1n) is 8.44. The zero-order valence-electron chi connectivity index (χ0n) is 14.8. The summed E-state index contributed by atoms with van der Waals surface area (Å²) in [6, 6.07) is 15.9. The molecule has 0 N–H and O–H groups in total. The van der Waals surface area contributed by atoms with Crippen molar-refractivity contribution in [1.82, 2.24) is 5.16 Å². The topological polar surface area (TPSA) is 82.5 Å². The third kappa shape index (κ3) is 3.48. The first-order chi connectivity index (χ1) is 13.5. The molecular weight excluding hydrogens is 426 g/mol. The van der Waals surface area contributed by atoms with E-state index in [9.17, 15) is 9.59 Å². The number of hydrogen-bond acceptors (Lipinski definition) is 6. The number of hydrogen-bond donors (Lipinski definition) is 0. The standard InChI is InChI=1S/C21H14BrNO5/c1-12-19(20(23-28-12)13-5-3-2-4-6-13)21(25)26-11-14-9-18(24)27-17-10-15(22)7-8-16(14)17/h2-10H,11H2,1H3. The summed E-state index contributed by atoms with van der Waals surface area (Å²) in [7, 11) is 0. The molecule has 28 heavy (non-hydrogen) atoms. The Morgan fingerprint density at radius 1 is 1.14 bits per heavy atom. The Bertz CT molecular complexity index is 1230. The monoisotopic (exact) mass is 439 g/mol. The van der Waals surface area contributed by atoms with E-state index < -0.39 is 11.6 Å². The molecule has 0 bridgehead atoms. The van der Waals surface area contributed by atoms with Gasteiger partial charge in [0.05, 0.1) is 0 Å². The number of nitrogens with zero attached hydrogens (tertiary/aromatic N) is 1. The van der Waals surface area contributed by atoms with Gasteiger partial charge in [-0.1, -0.05) is 51.4 Å². The Morgan fingerprint density at radius 2 is 1.93 bits per heavy atom. The Hall–Kier alpha value is -3.19. The minimum Gasteiger partial charge on any atom is -0.457 e. The molecule has 0 fully saturated rings. The fourth-order valence-corrected chi connectivity index (χ4v) is 3.28. The molecule has 0 spiro atoms. The van der Waals surface area contributed by atoms with Crippen LogP contribution in [0.4, 0.5) is 0 Å². The third-order valence-electron chi connectivity index (χ3n) is 4.27. The minimum atomic E-state index is -0.573. The SMILES string of the molecule is Cc1onc(-c2ccccc2)c1C(=O)OCc1cc(=O)oc2cc(Br)ccc12. The van der Waals surface area contributed by atoms with Crippen molar-refractivity contribution in [3.63, 3.8) is 0 Å². The van der Waals surface area contributed by atoms with Crippen LogP contribution in [0.15, 0.2) is 72.8 Å². The average molecular weight is 440 g/mol. The van der Waals surface area contributed by atoms with E-state index in [4.69, 9.17) is 13.7 Å². The van der Waals surface area contributed by atoms with Crippen LogP contribution in [0.3, 0.4) is 0 Å². The Kier molecular flexibility index (Phi) is 4.83. The lowest BCUT2D eigenvalue weighted by Crippen LogP contribution is -2.09. The van der Waals surface area contributed by atoms with Crippen molar-refractivity contribution in [2.75, 3.05) is 0 Å². The number of halogens is 1. The first kappa shape index (κ1) is 18.2. The number of esters is 1. The Labute approximate surface area is 167 Å². The number of carbonyl (C=O) groups excluding carboxylic acids is 1. The molecule has 2 aromatic heterocycles. The van der Waals surface area contributed by atoms with Gasteiger partial charge in [0.15, 0.2) is 0 Å². The fraction of sp³-hybridized carbons (Fsp3) is 0.0952. The van der Waals surface area contributed by atoms with E-state index in [-0.39, 0.29) is 12.2 Å². The van der Waals surface area contributed by atoms with Gasteiger partial charge in [0.2, 0.25) is 0 Å². The number of aromatic nitrogens is 1. The van der Waals surface area contributed by atoms with Gasteiger partial charge in [-0.15, -0.1) is 0 Å². The van der Waals surface area contributed by atoms with Crippen LogP contribution < -0.4 is 5.63 Å². The smallest absolute Gasteiger partial charge is 0.344 e. The van der Waals surface area contributed by atoms with Crippen molar-refractivity contribution in [1.29, 1.82) is 0 Å². The maximum absolute atomic E-state index is 12.7. The second kappa shape index (κ2) is 7.44. The van der Waals surface area contributed by atoms with E-state index >= 15 is 0 Å². The predicted molar refractivity (Wildman–Crippen MR) is 106 cm³/mol. The molecule has 7 heteroatoms. The highest BCUT2D eigenvalue weighted by atomic mass is 79.9. The number of rotatable bonds is 4. The number of fused-ring (bicyclic) bond motifs is 1. The highest BCUT2D eigenvalue weighted by Gasteiger charge is 2.23. The van der Waals surface area contributed by atoms with Crippen molar-refractivity contribution in [2.45, 2.75) is 13.5 Å². The second-order valence-electron chi connectivity index (χ2n) is 6.14. The second-order valence-corrected chi connectivity index (χ2v) is 7.05. The fourth-order valence-electron chi connectivity index (χ4n) is 2.94. The summed E-state index contributed by atoms with van der Waals surface area (Å²) in [4.78, 5) is 24.6. The molecule has 0 radical (unpaired) electrons. The zero-order valence-corrected chi connectivity index (χ0v) is 16.4. The minimum absolute atomic E-state index is 0.0819. The molecule has 0 saturated carbocycles. The summed E-state index contributed by atoms with van der Waals surface area (Å²) in [5.41, 5.74) is 1.90. The molecule has 0 aliphatic rings. The van der Waals surface area contributed by atoms with Crippen LogP contribution in [0.5, 0.6) is 0 Å². The average Bonchev–Trinajstić information content (AvgIpc) is 3.07. The van der Waals surface area contributed by atoms with Crippen LogP contribution in [0.25, 0.3) is 22.2 Å². The number of carbonyl (C=O) groups is 1. The van der Waals surface area contributed by atoms with Gasteiger partial charge in [0.1, 0.15) is 29.2 Å². The molecule has 0 atom stereocenters. The lowest BCUT2D eigenvalue weighted by Gasteiger charge is -2.08. The van der Waals surface area contributed by atoms with E-state index in [1.165, 1.54) is 6.07 Å². The summed E-state index contributed by atoms with van der Waals surface area (Å²) < 4.78 is 16.7. The van der Waals surface area contributed by atoms with Gasteiger partial charge in [-0.2, -0.15) is 0 Å². The van der Waals surface area contributed by atoms with E-state index in [0.29, 0.717) is 28.0 Å². The maximum atomic E-state index is 12.7. The third-order valence-corrected chi connectivity index (χ3v) is 4.76.